The summed E-state index contributed by atoms with van der Waals surface area (Å²) in [6, 6.07) is 17.0. The third-order valence-corrected chi connectivity index (χ3v) is 7.94. The first-order valence-electron chi connectivity index (χ1n) is 13.4. The number of unbranched alkanes of at least 4 members (excludes halogenated alkanes) is 2. The Morgan fingerprint density at radius 1 is 1.03 bits per heavy atom. The summed E-state index contributed by atoms with van der Waals surface area (Å²) in [6.45, 7) is 8.09. The van der Waals surface area contributed by atoms with E-state index in [9.17, 15) is 9.59 Å². The van der Waals surface area contributed by atoms with Crippen LogP contribution >= 0.6 is 11.3 Å². The van der Waals surface area contributed by atoms with E-state index in [2.05, 4.69) is 34.5 Å². The highest BCUT2D eigenvalue weighted by atomic mass is 32.1. The highest BCUT2D eigenvalue weighted by molar-refractivity contribution is 7.14. The summed E-state index contributed by atoms with van der Waals surface area (Å²) in [6.07, 6.45) is 3.35. The highest BCUT2D eigenvalue weighted by Gasteiger charge is 2.36. The number of nitrogens with one attached hydrogen (secondary N) is 1. The first-order valence-corrected chi connectivity index (χ1v) is 14.3. The zero-order valence-electron chi connectivity index (χ0n) is 22.6. The molecule has 1 N–H and O–H groups in total. The first-order chi connectivity index (χ1) is 18.4. The number of rotatable bonds is 11. The molecule has 3 aromatic rings. The lowest BCUT2D eigenvalue weighted by atomic mass is 9.93. The van der Waals surface area contributed by atoms with Gasteiger partial charge in [0, 0.05) is 42.7 Å². The fourth-order valence-electron chi connectivity index (χ4n) is 4.48. The lowest BCUT2D eigenvalue weighted by molar-refractivity contribution is -0.152. The van der Waals surface area contributed by atoms with Crippen LogP contribution in [0.1, 0.15) is 55.5 Å². The minimum absolute atomic E-state index is 0.178. The average Bonchev–Trinajstić information content (AvgIpc) is 3.43. The van der Waals surface area contributed by atoms with Crippen LogP contribution in [0.25, 0.3) is 11.3 Å². The zero-order valence-corrected chi connectivity index (χ0v) is 23.4. The summed E-state index contributed by atoms with van der Waals surface area (Å²) >= 11 is 1.65. The number of carbonyl (C=O) groups is 2. The van der Waals surface area contributed by atoms with Gasteiger partial charge in [0.1, 0.15) is 12.1 Å². The van der Waals surface area contributed by atoms with Gasteiger partial charge in [-0.3, -0.25) is 4.79 Å². The molecule has 1 saturated heterocycles. The number of benzene rings is 2. The highest BCUT2D eigenvalue weighted by Crippen LogP contribution is 2.28. The Bertz CT molecular complexity index is 1190. The molecule has 0 bridgehead atoms. The maximum atomic E-state index is 13.2. The van der Waals surface area contributed by atoms with Crippen molar-refractivity contribution in [3.63, 3.8) is 0 Å². The molecule has 38 heavy (non-hydrogen) atoms. The van der Waals surface area contributed by atoms with Crippen molar-refractivity contribution >= 4 is 28.3 Å². The summed E-state index contributed by atoms with van der Waals surface area (Å²) in [7, 11) is 2.14. The zero-order chi connectivity index (χ0) is 27.0. The van der Waals surface area contributed by atoms with Gasteiger partial charge in [-0.05, 0) is 38.1 Å². The molecule has 1 unspecified atom stereocenters. The van der Waals surface area contributed by atoms with Gasteiger partial charge < -0.3 is 19.9 Å². The molecular weight excluding hydrogens is 496 g/mol. The van der Waals surface area contributed by atoms with Gasteiger partial charge in [-0.25, -0.2) is 9.78 Å². The quantitative estimate of drug-likeness (QED) is 0.263. The maximum Gasteiger partial charge on any atom is 0.331 e. The molecule has 1 aliphatic rings. The number of thiazole rings is 1. The van der Waals surface area contributed by atoms with Crippen molar-refractivity contribution in [3.05, 3.63) is 71.1 Å². The molecule has 0 radical (unpaired) electrons. The average molecular weight is 535 g/mol. The monoisotopic (exact) mass is 534 g/mol. The smallest absolute Gasteiger partial charge is 0.331 e. The SMILES string of the molecule is CCCCCC(C)(NC(=O)c1ccc(-c2csc(N3CCN(C)CC3)n2)cc1)C(=O)OCc1ccccc1. The number of aromatic nitrogens is 1. The molecule has 1 aliphatic heterocycles. The number of carbonyl (C=O) groups excluding carboxylic acids is 2. The number of hydrogen-bond acceptors (Lipinski definition) is 7. The predicted molar refractivity (Wildman–Crippen MR) is 154 cm³/mol. The number of nitrogens with zero attached hydrogens (tertiary/aromatic N) is 3. The van der Waals surface area contributed by atoms with E-state index < -0.39 is 11.5 Å². The molecule has 2 heterocycles. The molecule has 0 aliphatic carbocycles. The predicted octanol–water partition coefficient (Wildman–Crippen LogP) is 5.37. The molecule has 7 nitrogen and oxygen atoms in total. The van der Waals surface area contributed by atoms with E-state index in [1.54, 1.807) is 30.4 Å². The largest absolute Gasteiger partial charge is 0.459 e. The second-order valence-electron chi connectivity index (χ2n) is 10.2. The molecule has 1 aromatic heterocycles. The fourth-order valence-corrected chi connectivity index (χ4v) is 5.37. The Balaban J connectivity index is 1.41. The van der Waals surface area contributed by atoms with Crippen molar-refractivity contribution in [1.29, 1.82) is 0 Å². The number of anilines is 1. The number of amides is 1. The first kappa shape index (κ1) is 27.8. The number of ether oxygens (including phenoxy) is 1. The van der Waals surface area contributed by atoms with Gasteiger partial charge in [-0.1, -0.05) is 68.7 Å². The van der Waals surface area contributed by atoms with Crippen LogP contribution in [-0.2, 0) is 16.1 Å². The Kier molecular flexibility index (Phi) is 9.53. The van der Waals surface area contributed by atoms with Crippen LogP contribution < -0.4 is 10.2 Å². The van der Waals surface area contributed by atoms with Gasteiger partial charge in [0.2, 0.25) is 0 Å². The van der Waals surface area contributed by atoms with E-state index in [1.807, 2.05) is 42.5 Å². The van der Waals surface area contributed by atoms with Gasteiger partial charge in [0.25, 0.3) is 5.91 Å². The Hall–Kier alpha value is -3.23. The van der Waals surface area contributed by atoms with E-state index in [0.717, 1.165) is 67.4 Å². The Morgan fingerprint density at radius 2 is 1.74 bits per heavy atom. The van der Waals surface area contributed by atoms with Crippen molar-refractivity contribution in [3.8, 4) is 11.3 Å². The second-order valence-corrected chi connectivity index (χ2v) is 11.0. The Labute approximate surface area is 229 Å². The van der Waals surface area contributed by atoms with Crippen LogP contribution in [0.3, 0.4) is 0 Å². The van der Waals surface area contributed by atoms with Gasteiger partial charge in [0.15, 0.2) is 5.13 Å². The van der Waals surface area contributed by atoms with Crippen LogP contribution in [-0.4, -0.2) is 60.5 Å². The summed E-state index contributed by atoms with van der Waals surface area (Å²) in [5.74, 6) is -0.704. The molecule has 8 heteroatoms. The summed E-state index contributed by atoms with van der Waals surface area (Å²) in [5, 5.41) is 6.08. The van der Waals surface area contributed by atoms with Gasteiger partial charge in [-0.15, -0.1) is 11.3 Å². The molecule has 4 rings (SSSR count). The second kappa shape index (κ2) is 13.0. The van der Waals surface area contributed by atoms with Crippen molar-refractivity contribution in [2.45, 2.75) is 51.7 Å². The van der Waals surface area contributed by atoms with Gasteiger partial charge in [-0.2, -0.15) is 0 Å². The molecule has 2 aromatic carbocycles. The minimum Gasteiger partial charge on any atom is -0.459 e. The molecule has 1 atom stereocenters. The Morgan fingerprint density at radius 3 is 2.42 bits per heavy atom. The number of esters is 1. The maximum absolute atomic E-state index is 13.2. The number of hydrogen-bond donors (Lipinski definition) is 1. The van der Waals surface area contributed by atoms with E-state index in [-0.39, 0.29) is 12.5 Å². The molecule has 0 spiro atoms. The summed E-state index contributed by atoms with van der Waals surface area (Å²) < 4.78 is 5.63. The fraction of sp³-hybridized carbons (Fsp3) is 0.433. The van der Waals surface area contributed by atoms with Gasteiger partial charge in [0.05, 0.1) is 5.69 Å². The minimum atomic E-state index is -1.11. The molecule has 202 valence electrons. The van der Waals surface area contributed by atoms with E-state index in [4.69, 9.17) is 9.72 Å². The van der Waals surface area contributed by atoms with Crippen molar-refractivity contribution < 1.29 is 14.3 Å². The van der Waals surface area contributed by atoms with Crippen LogP contribution in [0.2, 0.25) is 0 Å². The van der Waals surface area contributed by atoms with Crippen molar-refractivity contribution in [2.24, 2.45) is 0 Å². The summed E-state index contributed by atoms with van der Waals surface area (Å²) in [4.78, 5) is 35.8. The lowest BCUT2D eigenvalue weighted by Gasteiger charge is -2.32. The third-order valence-electron chi connectivity index (χ3n) is 7.04. The normalized spacial score (nSPS) is 15.6. The van der Waals surface area contributed by atoms with Crippen molar-refractivity contribution in [1.82, 2.24) is 15.2 Å². The molecule has 1 fully saturated rings. The third kappa shape index (κ3) is 7.20. The van der Waals surface area contributed by atoms with Crippen LogP contribution in [0.4, 0.5) is 5.13 Å². The van der Waals surface area contributed by atoms with Crippen LogP contribution in [0, 0.1) is 0 Å². The van der Waals surface area contributed by atoms with Crippen LogP contribution in [0.5, 0.6) is 0 Å². The van der Waals surface area contributed by atoms with E-state index in [0.29, 0.717) is 12.0 Å². The van der Waals surface area contributed by atoms with Gasteiger partial charge >= 0.3 is 5.97 Å². The van der Waals surface area contributed by atoms with Crippen LogP contribution in [0.15, 0.2) is 60.0 Å². The number of likely N-dealkylation sites (N-methyl/N-ethyl adjacent to an activating group) is 1. The molecule has 1 amide bonds. The standard InChI is InChI=1S/C30H38N4O3S/c1-4-5-9-16-30(2,28(36)37-21-23-10-7-6-8-11-23)32-27(35)25-14-12-24(13-15-25)26-22-38-29(31-26)34-19-17-33(3)18-20-34/h6-8,10-15,22H,4-5,9,16-21H2,1-3H3,(H,32,35). The topological polar surface area (TPSA) is 74.8 Å². The summed E-state index contributed by atoms with van der Waals surface area (Å²) in [5.41, 5.74) is 2.18. The van der Waals surface area contributed by atoms with E-state index in [1.165, 1.54) is 0 Å². The molecule has 0 saturated carbocycles. The molecular formula is C30H38N4O3S. The number of piperazine rings is 1. The van der Waals surface area contributed by atoms with Crippen molar-refractivity contribution in [2.75, 3.05) is 38.1 Å². The lowest BCUT2D eigenvalue weighted by Crippen LogP contribution is -2.53. The van der Waals surface area contributed by atoms with E-state index >= 15 is 0 Å².